The van der Waals surface area contributed by atoms with Crippen molar-refractivity contribution in [3.8, 4) is 0 Å². The molecule has 4 rings (SSSR count). The highest BCUT2D eigenvalue weighted by atomic mass is 32.2. The van der Waals surface area contributed by atoms with Crippen molar-refractivity contribution in [1.82, 2.24) is 8.87 Å². The van der Waals surface area contributed by atoms with E-state index in [1.54, 1.807) is 11.5 Å². The minimum absolute atomic E-state index is 0.0796. The second-order valence-corrected chi connectivity index (χ2v) is 11.7. The first-order chi connectivity index (χ1) is 17.1. The van der Waals surface area contributed by atoms with Crippen LogP contribution in [0, 0.1) is 5.82 Å². The first-order valence-corrected chi connectivity index (χ1v) is 14.0. The Morgan fingerprint density at radius 2 is 1.92 bits per heavy atom. The van der Waals surface area contributed by atoms with Gasteiger partial charge in [-0.05, 0) is 67.6 Å². The molecule has 0 N–H and O–H groups in total. The summed E-state index contributed by atoms with van der Waals surface area (Å²) in [6.45, 7) is 6.14. The molecule has 1 fully saturated rings. The maximum Gasteiger partial charge on any atom is 0.326 e. The summed E-state index contributed by atoms with van der Waals surface area (Å²) in [6.07, 6.45) is 0.822. The standard InChI is InChI=1S/C25H28FN3O5S2/c1-4-34-23(30)15-28-20-12-7-17(16(2)3)14-22(20)35-25(28)27-24(31)21-6-5-13-29(21)36(32,33)19-10-8-18(26)9-11-19/h7-12,14,16,21H,4-6,13,15H2,1-3H3. The van der Waals surface area contributed by atoms with Gasteiger partial charge in [0.05, 0.1) is 21.7 Å². The zero-order chi connectivity index (χ0) is 26.0. The van der Waals surface area contributed by atoms with Gasteiger partial charge in [-0.2, -0.15) is 9.30 Å². The fourth-order valence-electron chi connectivity index (χ4n) is 4.21. The first kappa shape index (κ1) is 26.2. The number of fused-ring (bicyclic) bond motifs is 1. The zero-order valence-corrected chi connectivity index (χ0v) is 21.9. The Hall–Kier alpha value is -2.89. The van der Waals surface area contributed by atoms with Crippen molar-refractivity contribution in [3.05, 3.63) is 58.6 Å². The van der Waals surface area contributed by atoms with Crippen molar-refractivity contribution in [2.24, 2.45) is 4.99 Å². The van der Waals surface area contributed by atoms with Crippen LogP contribution in [-0.4, -0.2) is 48.4 Å². The number of carbonyl (C=O) groups excluding carboxylic acids is 2. The van der Waals surface area contributed by atoms with Crippen molar-refractivity contribution < 1.29 is 27.1 Å². The minimum atomic E-state index is -4.01. The maximum absolute atomic E-state index is 13.3. The summed E-state index contributed by atoms with van der Waals surface area (Å²) >= 11 is 1.27. The van der Waals surface area contributed by atoms with Crippen LogP contribution in [-0.2, 0) is 30.9 Å². The molecule has 8 nitrogen and oxygen atoms in total. The number of carbonyl (C=O) groups is 2. The summed E-state index contributed by atoms with van der Waals surface area (Å²) < 4.78 is 48.4. The average molecular weight is 534 g/mol. The van der Waals surface area contributed by atoms with E-state index in [1.165, 1.54) is 23.5 Å². The van der Waals surface area contributed by atoms with Crippen LogP contribution in [0.2, 0.25) is 0 Å². The molecule has 3 aromatic rings. The molecule has 2 heterocycles. The van der Waals surface area contributed by atoms with Crippen LogP contribution in [0.3, 0.4) is 0 Å². The largest absolute Gasteiger partial charge is 0.465 e. The minimum Gasteiger partial charge on any atom is -0.465 e. The molecule has 1 aliphatic heterocycles. The van der Waals surface area contributed by atoms with Gasteiger partial charge < -0.3 is 9.30 Å². The van der Waals surface area contributed by atoms with Crippen molar-refractivity contribution in [1.29, 1.82) is 0 Å². The number of amides is 1. The normalized spacial score (nSPS) is 17.2. The summed E-state index contributed by atoms with van der Waals surface area (Å²) in [7, 11) is -4.01. The number of hydrogen-bond donors (Lipinski definition) is 0. The summed E-state index contributed by atoms with van der Waals surface area (Å²) in [6, 6.07) is 9.42. The number of nitrogens with zero attached hydrogens (tertiary/aromatic N) is 3. The fourth-order valence-corrected chi connectivity index (χ4v) is 6.94. The Labute approximate surface area is 213 Å². The van der Waals surface area contributed by atoms with E-state index in [-0.39, 0.29) is 24.6 Å². The first-order valence-electron chi connectivity index (χ1n) is 11.8. The summed E-state index contributed by atoms with van der Waals surface area (Å²) in [5.74, 6) is -1.32. The van der Waals surface area contributed by atoms with Gasteiger partial charge in [0.15, 0.2) is 4.80 Å². The fraction of sp³-hybridized carbons (Fsp3) is 0.400. The molecule has 36 heavy (non-hydrogen) atoms. The van der Waals surface area contributed by atoms with E-state index in [2.05, 4.69) is 18.8 Å². The van der Waals surface area contributed by atoms with E-state index in [0.717, 1.165) is 32.2 Å². The van der Waals surface area contributed by atoms with E-state index in [0.29, 0.717) is 23.6 Å². The van der Waals surface area contributed by atoms with Crippen LogP contribution in [0.4, 0.5) is 4.39 Å². The van der Waals surface area contributed by atoms with E-state index in [1.807, 2.05) is 18.2 Å². The summed E-state index contributed by atoms with van der Waals surface area (Å²) in [4.78, 5) is 30.2. The lowest BCUT2D eigenvalue weighted by molar-refractivity contribution is -0.143. The van der Waals surface area contributed by atoms with E-state index < -0.39 is 33.8 Å². The molecule has 1 aromatic heterocycles. The van der Waals surface area contributed by atoms with Gasteiger partial charge in [0.2, 0.25) is 10.0 Å². The van der Waals surface area contributed by atoms with Gasteiger partial charge in [-0.3, -0.25) is 9.59 Å². The van der Waals surface area contributed by atoms with E-state index >= 15 is 0 Å². The predicted octanol–water partition coefficient (Wildman–Crippen LogP) is 3.81. The number of esters is 1. The number of halogens is 1. The molecule has 1 atom stereocenters. The molecule has 0 bridgehead atoms. The highest BCUT2D eigenvalue weighted by Gasteiger charge is 2.39. The van der Waals surface area contributed by atoms with Crippen molar-refractivity contribution >= 4 is 43.5 Å². The lowest BCUT2D eigenvalue weighted by Gasteiger charge is -2.21. The van der Waals surface area contributed by atoms with Crippen LogP contribution < -0.4 is 4.80 Å². The van der Waals surface area contributed by atoms with Gasteiger partial charge in [0.1, 0.15) is 18.4 Å². The van der Waals surface area contributed by atoms with Crippen molar-refractivity contribution in [3.63, 3.8) is 0 Å². The molecule has 0 saturated carbocycles. The van der Waals surface area contributed by atoms with Gasteiger partial charge in [0.25, 0.3) is 5.91 Å². The molecule has 1 aliphatic rings. The van der Waals surface area contributed by atoms with Crippen LogP contribution >= 0.6 is 11.3 Å². The van der Waals surface area contributed by atoms with Gasteiger partial charge >= 0.3 is 5.97 Å². The van der Waals surface area contributed by atoms with Gasteiger partial charge in [-0.25, -0.2) is 12.8 Å². The molecule has 2 aromatic carbocycles. The second kappa shape index (κ2) is 10.6. The topological polar surface area (TPSA) is 98.0 Å². The third-order valence-corrected chi connectivity index (χ3v) is 9.04. The van der Waals surface area contributed by atoms with Crippen molar-refractivity contribution in [2.75, 3.05) is 13.2 Å². The third-order valence-electron chi connectivity index (χ3n) is 6.08. The lowest BCUT2D eigenvalue weighted by Crippen LogP contribution is -2.40. The molecule has 0 radical (unpaired) electrons. The highest BCUT2D eigenvalue weighted by molar-refractivity contribution is 7.89. The molecular formula is C25H28FN3O5S2. The molecule has 1 saturated heterocycles. The average Bonchev–Trinajstić information content (AvgIpc) is 3.45. The van der Waals surface area contributed by atoms with Crippen LogP contribution in [0.15, 0.2) is 52.4 Å². The number of aromatic nitrogens is 1. The molecule has 0 spiro atoms. The SMILES string of the molecule is CCOC(=O)Cn1c(=NC(=O)C2CCCN2S(=O)(=O)c2ccc(F)cc2)sc2cc(C(C)C)ccc21. The molecular weight excluding hydrogens is 505 g/mol. The maximum atomic E-state index is 13.3. The Balaban J connectivity index is 1.74. The van der Waals surface area contributed by atoms with E-state index in [4.69, 9.17) is 4.74 Å². The smallest absolute Gasteiger partial charge is 0.326 e. The second-order valence-electron chi connectivity index (χ2n) is 8.84. The molecule has 11 heteroatoms. The monoisotopic (exact) mass is 533 g/mol. The molecule has 1 amide bonds. The zero-order valence-electron chi connectivity index (χ0n) is 20.3. The van der Waals surface area contributed by atoms with Gasteiger partial charge in [-0.1, -0.05) is 31.3 Å². The molecule has 0 aliphatic carbocycles. The van der Waals surface area contributed by atoms with Crippen LogP contribution in [0.5, 0.6) is 0 Å². The summed E-state index contributed by atoms with van der Waals surface area (Å²) in [5, 5.41) is 0. The van der Waals surface area contributed by atoms with Gasteiger partial charge in [-0.15, -0.1) is 0 Å². The number of benzene rings is 2. The number of ether oxygens (including phenoxy) is 1. The quantitative estimate of drug-likeness (QED) is 0.430. The Bertz CT molecular complexity index is 1460. The Morgan fingerprint density at radius 1 is 1.19 bits per heavy atom. The van der Waals surface area contributed by atoms with Gasteiger partial charge in [0, 0.05) is 6.54 Å². The number of thiazole rings is 1. The molecule has 192 valence electrons. The van der Waals surface area contributed by atoms with E-state index in [9.17, 15) is 22.4 Å². The predicted molar refractivity (Wildman–Crippen MR) is 134 cm³/mol. The van der Waals surface area contributed by atoms with Crippen LogP contribution in [0.25, 0.3) is 10.2 Å². The number of hydrogen-bond acceptors (Lipinski definition) is 6. The Kier molecular flexibility index (Phi) is 7.72. The highest BCUT2D eigenvalue weighted by Crippen LogP contribution is 2.28. The van der Waals surface area contributed by atoms with Crippen LogP contribution in [0.1, 0.15) is 45.1 Å². The number of rotatable bonds is 7. The summed E-state index contributed by atoms with van der Waals surface area (Å²) in [5.41, 5.74) is 1.85. The lowest BCUT2D eigenvalue weighted by atomic mass is 10.0. The third kappa shape index (κ3) is 5.28. The molecule has 1 unspecified atom stereocenters. The Morgan fingerprint density at radius 3 is 2.58 bits per heavy atom. The van der Waals surface area contributed by atoms with Crippen molar-refractivity contribution in [2.45, 2.75) is 57.0 Å². The number of sulfonamides is 1.